The molecule has 0 spiro atoms. The molecule has 2 atom stereocenters. The van der Waals surface area contributed by atoms with E-state index >= 15 is 0 Å². The molecule has 1 saturated heterocycles. The molecule has 60 valence electrons. The van der Waals surface area contributed by atoms with Crippen LogP contribution >= 0.6 is 0 Å². The second kappa shape index (κ2) is 2.89. The van der Waals surface area contributed by atoms with Gasteiger partial charge in [0.15, 0.2) is 0 Å². The lowest BCUT2D eigenvalue weighted by Crippen LogP contribution is -2.47. The zero-order valence-corrected chi connectivity index (χ0v) is 6.89. The average Bonchev–Trinajstić information content (AvgIpc) is 1.89. The highest BCUT2D eigenvalue weighted by molar-refractivity contribution is 4.86. The van der Waals surface area contributed by atoms with Crippen LogP contribution in [0.3, 0.4) is 0 Å². The van der Waals surface area contributed by atoms with E-state index in [0.29, 0.717) is 0 Å². The van der Waals surface area contributed by atoms with Gasteiger partial charge >= 0.3 is 0 Å². The van der Waals surface area contributed by atoms with Crippen LogP contribution in [0.25, 0.3) is 0 Å². The van der Waals surface area contributed by atoms with Crippen LogP contribution in [0.5, 0.6) is 0 Å². The van der Waals surface area contributed by atoms with Crippen molar-refractivity contribution < 1.29 is 4.74 Å². The Labute approximate surface area is 62.7 Å². The smallest absolute Gasteiger partial charge is 0.0801 e. The van der Waals surface area contributed by atoms with Crippen LogP contribution in [0.4, 0.5) is 0 Å². The van der Waals surface area contributed by atoms with Crippen molar-refractivity contribution >= 4 is 0 Å². The Morgan fingerprint density at radius 1 is 1.50 bits per heavy atom. The van der Waals surface area contributed by atoms with Crippen LogP contribution < -0.4 is 5.73 Å². The van der Waals surface area contributed by atoms with E-state index in [1.807, 2.05) is 6.92 Å². The maximum Gasteiger partial charge on any atom is 0.0801 e. The van der Waals surface area contributed by atoms with Crippen molar-refractivity contribution in [3.63, 3.8) is 0 Å². The summed E-state index contributed by atoms with van der Waals surface area (Å²) in [5.41, 5.74) is 5.73. The van der Waals surface area contributed by atoms with Gasteiger partial charge in [0.1, 0.15) is 0 Å². The van der Waals surface area contributed by atoms with Crippen LogP contribution in [0, 0.1) is 0 Å². The molecule has 1 fully saturated rings. The van der Waals surface area contributed by atoms with E-state index in [1.54, 1.807) is 0 Å². The van der Waals surface area contributed by atoms with Crippen molar-refractivity contribution in [3.8, 4) is 0 Å². The molecular weight excluding hydrogens is 126 g/mol. The van der Waals surface area contributed by atoms with Gasteiger partial charge in [-0.3, -0.25) is 0 Å². The number of ether oxygens (including phenoxy) is 1. The van der Waals surface area contributed by atoms with Gasteiger partial charge in [-0.05, 0) is 33.1 Å². The Kier molecular flexibility index (Phi) is 2.32. The fourth-order valence-electron chi connectivity index (χ4n) is 1.31. The van der Waals surface area contributed by atoms with Crippen LogP contribution in [-0.4, -0.2) is 18.2 Å². The molecule has 2 unspecified atom stereocenters. The van der Waals surface area contributed by atoms with E-state index < -0.39 is 0 Å². The van der Waals surface area contributed by atoms with Gasteiger partial charge in [-0.2, -0.15) is 0 Å². The predicted molar refractivity (Wildman–Crippen MR) is 41.9 cm³/mol. The molecule has 2 heteroatoms. The molecule has 1 heterocycles. The van der Waals surface area contributed by atoms with E-state index in [-0.39, 0.29) is 11.6 Å². The summed E-state index contributed by atoms with van der Waals surface area (Å²) in [5.74, 6) is 0. The molecular formula is C8H17NO. The molecule has 0 aromatic heterocycles. The first-order valence-electron chi connectivity index (χ1n) is 4.05. The van der Waals surface area contributed by atoms with Crippen molar-refractivity contribution in [1.82, 2.24) is 0 Å². The highest BCUT2D eigenvalue weighted by Gasteiger charge is 2.31. The Morgan fingerprint density at radius 3 is 2.50 bits per heavy atom. The van der Waals surface area contributed by atoms with Gasteiger partial charge in [0, 0.05) is 12.6 Å². The fraction of sp³-hybridized carbons (Fsp3) is 1.00. The first-order valence-corrected chi connectivity index (χ1v) is 4.05. The highest BCUT2D eigenvalue weighted by Crippen LogP contribution is 2.26. The Morgan fingerprint density at radius 2 is 2.20 bits per heavy atom. The Balaban J connectivity index is 2.48. The third-order valence-electron chi connectivity index (χ3n) is 2.46. The minimum atomic E-state index is -0.0434. The molecule has 2 nitrogen and oxygen atoms in total. The average molecular weight is 143 g/mol. The van der Waals surface area contributed by atoms with Gasteiger partial charge in [-0.25, -0.2) is 0 Å². The van der Waals surface area contributed by atoms with Gasteiger partial charge in [-0.1, -0.05) is 0 Å². The predicted octanol–water partition coefficient (Wildman–Crippen LogP) is 1.29. The lowest BCUT2D eigenvalue weighted by atomic mass is 9.90. The third-order valence-corrected chi connectivity index (χ3v) is 2.46. The summed E-state index contributed by atoms with van der Waals surface area (Å²) in [5, 5.41) is 0. The van der Waals surface area contributed by atoms with E-state index in [1.165, 1.54) is 12.8 Å². The van der Waals surface area contributed by atoms with Gasteiger partial charge in [0.25, 0.3) is 0 Å². The lowest BCUT2D eigenvalue weighted by Gasteiger charge is -2.37. The highest BCUT2D eigenvalue weighted by atomic mass is 16.5. The number of hydrogen-bond acceptors (Lipinski definition) is 2. The van der Waals surface area contributed by atoms with Crippen LogP contribution in [0.15, 0.2) is 0 Å². The van der Waals surface area contributed by atoms with Crippen molar-refractivity contribution in [2.45, 2.75) is 44.8 Å². The third kappa shape index (κ3) is 1.50. The molecule has 0 aromatic carbocycles. The second-order valence-corrected chi connectivity index (χ2v) is 3.41. The maximum atomic E-state index is 5.78. The van der Waals surface area contributed by atoms with E-state index in [0.717, 1.165) is 13.0 Å². The SMILES string of the molecule is CC(N)C1(C)CCCCO1. The first-order chi connectivity index (χ1) is 4.65. The maximum absolute atomic E-state index is 5.78. The van der Waals surface area contributed by atoms with Crippen LogP contribution in [0.1, 0.15) is 33.1 Å². The van der Waals surface area contributed by atoms with Crippen molar-refractivity contribution in [3.05, 3.63) is 0 Å². The summed E-state index contributed by atoms with van der Waals surface area (Å²) < 4.78 is 5.60. The molecule has 0 amide bonds. The topological polar surface area (TPSA) is 35.2 Å². The summed E-state index contributed by atoms with van der Waals surface area (Å²) in [6.07, 6.45) is 3.57. The van der Waals surface area contributed by atoms with Crippen LogP contribution in [0.2, 0.25) is 0 Å². The quantitative estimate of drug-likeness (QED) is 0.600. The monoisotopic (exact) mass is 143 g/mol. The molecule has 2 N–H and O–H groups in total. The van der Waals surface area contributed by atoms with Crippen molar-refractivity contribution in [2.24, 2.45) is 5.73 Å². The number of hydrogen-bond donors (Lipinski definition) is 1. The lowest BCUT2D eigenvalue weighted by molar-refractivity contribution is -0.0775. The van der Waals surface area contributed by atoms with Gasteiger partial charge < -0.3 is 10.5 Å². The van der Waals surface area contributed by atoms with Gasteiger partial charge in [0.2, 0.25) is 0 Å². The minimum Gasteiger partial charge on any atom is -0.374 e. The number of nitrogens with two attached hydrogens (primary N) is 1. The standard InChI is InChI=1S/C8H17NO/c1-7(9)8(2)5-3-4-6-10-8/h7H,3-6,9H2,1-2H3. The zero-order valence-electron chi connectivity index (χ0n) is 6.89. The van der Waals surface area contributed by atoms with Gasteiger partial charge in [-0.15, -0.1) is 0 Å². The summed E-state index contributed by atoms with van der Waals surface area (Å²) in [6, 6.07) is 0.160. The molecule has 0 radical (unpaired) electrons. The molecule has 1 rings (SSSR count). The van der Waals surface area contributed by atoms with E-state index in [4.69, 9.17) is 10.5 Å². The summed E-state index contributed by atoms with van der Waals surface area (Å²) >= 11 is 0. The van der Waals surface area contributed by atoms with Crippen LogP contribution in [-0.2, 0) is 4.74 Å². The normalized spacial score (nSPS) is 37.5. The second-order valence-electron chi connectivity index (χ2n) is 3.41. The van der Waals surface area contributed by atoms with Crippen molar-refractivity contribution in [1.29, 1.82) is 0 Å². The Hall–Kier alpha value is -0.0800. The largest absolute Gasteiger partial charge is 0.374 e. The minimum absolute atomic E-state index is 0.0434. The number of rotatable bonds is 1. The first kappa shape index (κ1) is 8.02. The van der Waals surface area contributed by atoms with Crippen molar-refractivity contribution in [2.75, 3.05) is 6.61 Å². The van der Waals surface area contributed by atoms with E-state index in [9.17, 15) is 0 Å². The van der Waals surface area contributed by atoms with E-state index in [2.05, 4.69) is 6.92 Å². The molecule has 1 aliphatic heterocycles. The molecule has 0 aliphatic carbocycles. The molecule has 0 aromatic rings. The zero-order chi connectivity index (χ0) is 7.61. The Bertz CT molecular complexity index is 106. The molecule has 0 bridgehead atoms. The summed E-state index contributed by atoms with van der Waals surface area (Å²) in [6.45, 7) is 5.01. The summed E-state index contributed by atoms with van der Waals surface area (Å²) in [7, 11) is 0. The van der Waals surface area contributed by atoms with Gasteiger partial charge in [0.05, 0.1) is 5.60 Å². The molecule has 1 aliphatic rings. The fourth-order valence-corrected chi connectivity index (χ4v) is 1.31. The summed E-state index contributed by atoms with van der Waals surface area (Å²) in [4.78, 5) is 0. The molecule has 10 heavy (non-hydrogen) atoms. The molecule has 0 saturated carbocycles.